The fourth-order valence-electron chi connectivity index (χ4n) is 2.70. The maximum atomic E-state index is 14.2. The van der Waals surface area contributed by atoms with Crippen LogP contribution in [-0.2, 0) is 0 Å². The summed E-state index contributed by atoms with van der Waals surface area (Å²) in [5.74, 6) is 1.31. The summed E-state index contributed by atoms with van der Waals surface area (Å²) in [7, 11) is 0. The molecule has 1 fully saturated rings. The average molecular weight is 331 g/mol. The first-order valence-electron chi connectivity index (χ1n) is 7.58. The molecule has 1 N–H and O–H groups in total. The lowest BCUT2D eigenvalue weighted by molar-refractivity contribution is 0.469. The van der Waals surface area contributed by atoms with Crippen LogP contribution < -0.4 is 5.32 Å². The molecular weight excluding hydrogens is 308 g/mol. The molecule has 0 amide bonds. The Hall–Kier alpha value is -0.260. The number of hydrogen-bond acceptors (Lipinski definition) is 3. The van der Waals surface area contributed by atoms with Crippen molar-refractivity contribution in [1.82, 2.24) is 5.32 Å². The smallest absolute Gasteiger partial charge is 0.130 e. The van der Waals surface area contributed by atoms with Crippen LogP contribution in [0.25, 0.3) is 0 Å². The fraction of sp³-hybridized carbons (Fsp3) is 0.625. The Balaban J connectivity index is 2.27. The van der Waals surface area contributed by atoms with Crippen molar-refractivity contribution in [3.05, 3.63) is 35.4 Å². The Morgan fingerprint density at radius 2 is 2.00 bits per heavy atom. The minimum atomic E-state index is -0.511. The molecule has 0 spiro atoms. The number of thioether (sulfide) groups is 2. The highest BCUT2D eigenvalue weighted by molar-refractivity contribution is 8.07. The number of halogens is 2. The van der Waals surface area contributed by atoms with Crippen LogP contribution in [0.1, 0.15) is 38.3 Å². The summed E-state index contributed by atoms with van der Waals surface area (Å²) < 4.78 is 27.4. The molecule has 21 heavy (non-hydrogen) atoms. The van der Waals surface area contributed by atoms with E-state index in [9.17, 15) is 8.78 Å². The van der Waals surface area contributed by atoms with Crippen molar-refractivity contribution in [3.8, 4) is 0 Å². The Morgan fingerprint density at radius 3 is 2.67 bits per heavy atom. The third kappa shape index (κ3) is 4.36. The van der Waals surface area contributed by atoms with E-state index < -0.39 is 11.6 Å². The van der Waals surface area contributed by atoms with E-state index in [2.05, 4.69) is 19.2 Å². The van der Waals surface area contributed by atoms with E-state index in [0.29, 0.717) is 16.1 Å². The number of nitrogens with one attached hydrogen (secondary N) is 1. The SMILES string of the molecule is CCCNC(c1ccc(F)cc1F)C1SCCSC1CC. The van der Waals surface area contributed by atoms with Gasteiger partial charge in [0, 0.05) is 39.7 Å². The summed E-state index contributed by atoms with van der Waals surface area (Å²) in [5.41, 5.74) is 0.600. The minimum absolute atomic E-state index is 0.0479. The van der Waals surface area contributed by atoms with Crippen molar-refractivity contribution in [3.63, 3.8) is 0 Å². The van der Waals surface area contributed by atoms with Gasteiger partial charge in [-0.1, -0.05) is 19.9 Å². The normalized spacial score (nSPS) is 24.0. The zero-order valence-corrected chi connectivity index (χ0v) is 14.2. The second-order valence-electron chi connectivity index (χ2n) is 5.25. The van der Waals surface area contributed by atoms with Gasteiger partial charge in [0.15, 0.2) is 0 Å². The Bertz CT molecular complexity index is 456. The molecule has 1 aromatic rings. The molecule has 3 atom stereocenters. The van der Waals surface area contributed by atoms with Gasteiger partial charge in [-0.3, -0.25) is 0 Å². The number of benzene rings is 1. The quantitative estimate of drug-likeness (QED) is 0.816. The monoisotopic (exact) mass is 331 g/mol. The van der Waals surface area contributed by atoms with Crippen molar-refractivity contribution in [1.29, 1.82) is 0 Å². The van der Waals surface area contributed by atoms with Gasteiger partial charge in [0.05, 0.1) is 0 Å². The van der Waals surface area contributed by atoms with Gasteiger partial charge >= 0.3 is 0 Å². The molecule has 0 bridgehead atoms. The maximum absolute atomic E-state index is 14.2. The van der Waals surface area contributed by atoms with E-state index in [4.69, 9.17) is 0 Å². The Morgan fingerprint density at radius 1 is 1.24 bits per heavy atom. The highest BCUT2D eigenvalue weighted by Gasteiger charge is 2.34. The van der Waals surface area contributed by atoms with Crippen LogP contribution in [0.15, 0.2) is 18.2 Å². The zero-order chi connectivity index (χ0) is 15.2. The highest BCUT2D eigenvalue weighted by Crippen LogP contribution is 2.40. The van der Waals surface area contributed by atoms with E-state index in [1.807, 2.05) is 23.5 Å². The van der Waals surface area contributed by atoms with Crippen molar-refractivity contribution in [2.45, 2.75) is 43.2 Å². The van der Waals surface area contributed by atoms with Crippen molar-refractivity contribution in [2.75, 3.05) is 18.1 Å². The number of hydrogen-bond donors (Lipinski definition) is 1. The maximum Gasteiger partial charge on any atom is 0.130 e. The summed E-state index contributed by atoms with van der Waals surface area (Å²) >= 11 is 3.90. The van der Waals surface area contributed by atoms with E-state index in [-0.39, 0.29) is 6.04 Å². The topological polar surface area (TPSA) is 12.0 Å². The van der Waals surface area contributed by atoms with Crippen molar-refractivity contribution in [2.24, 2.45) is 0 Å². The van der Waals surface area contributed by atoms with Gasteiger partial charge in [0.25, 0.3) is 0 Å². The van der Waals surface area contributed by atoms with Gasteiger partial charge in [-0.25, -0.2) is 8.78 Å². The van der Waals surface area contributed by atoms with Gasteiger partial charge in [-0.05, 0) is 25.5 Å². The largest absolute Gasteiger partial charge is 0.309 e. The summed E-state index contributed by atoms with van der Waals surface area (Å²) in [4.78, 5) is 0. The first kappa shape index (κ1) is 17.1. The molecule has 2 rings (SSSR count). The lowest BCUT2D eigenvalue weighted by Crippen LogP contribution is -2.39. The summed E-state index contributed by atoms with van der Waals surface area (Å²) in [5, 5.41) is 4.33. The predicted octanol–water partition coefficient (Wildman–Crippen LogP) is 4.63. The van der Waals surface area contributed by atoms with Crippen molar-refractivity contribution < 1.29 is 8.78 Å². The minimum Gasteiger partial charge on any atom is -0.309 e. The second-order valence-corrected chi connectivity index (χ2v) is 7.88. The highest BCUT2D eigenvalue weighted by atomic mass is 32.2. The summed E-state index contributed by atoms with van der Waals surface area (Å²) in [6.07, 6.45) is 2.08. The van der Waals surface area contributed by atoms with Gasteiger partial charge in [0.2, 0.25) is 0 Å². The molecule has 1 aliphatic rings. The standard InChI is InChI=1S/C16H23F2NS2/c1-3-7-19-15(12-6-5-11(17)10-13(12)18)16-14(4-2)20-8-9-21-16/h5-6,10,14-16,19H,3-4,7-9H2,1-2H3. The summed E-state index contributed by atoms with van der Waals surface area (Å²) in [6.45, 7) is 5.14. The third-order valence-electron chi connectivity index (χ3n) is 3.73. The molecule has 1 aliphatic heterocycles. The van der Waals surface area contributed by atoms with Gasteiger partial charge in [0.1, 0.15) is 11.6 Å². The molecule has 0 saturated carbocycles. The molecule has 1 nitrogen and oxygen atoms in total. The van der Waals surface area contributed by atoms with Crippen LogP contribution in [0.5, 0.6) is 0 Å². The van der Waals surface area contributed by atoms with Crippen LogP contribution in [0.3, 0.4) is 0 Å². The van der Waals surface area contributed by atoms with Crippen LogP contribution in [0.4, 0.5) is 8.78 Å². The summed E-state index contributed by atoms with van der Waals surface area (Å²) in [6, 6.07) is 3.91. The molecule has 118 valence electrons. The van der Waals surface area contributed by atoms with Crippen LogP contribution >= 0.6 is 23.5 Å². The Kier molecular flexibility index (Phi) is 6.83. The van der Waals surface area contributed by atoms with Gasteiger partial charge < -0.3 is 5.32 Å². The molecular formula is C16H23F2NS2. The lowest BCUT2D eigenvalue weighted by Gasteiger charge is -2.36. The van der Waals surface area contributed by atoms with E-state index in [0.717, 1.165) is 37.0 Å². The molecule has 1 aromatic carbocycles. The molecule has 0 aromatic heterocycles. The molecule has 1 heterocycles. The first-order valence-corrected chi connectivity index (χ1v) is 9.68. The van der Waals surface area contributed by atoms with Gasteiger partial charge in [-0.15, -0.1) is 0 Å². The second kappa shape index (κ2) is 8.39. The molecule has 1 saturated heterocycles. The van der Waals surface area contributed by atoms with E-state index in [1.54, 1.807) is 6.07 Å². The van der Waals surface area contributed by atoms with E-state index in [1.165, 1.54) is 6.07 Å². The number of rotatable bonds is 6. The first-order chi connectivity index (χ1) is 10.2. The molecule has 0 radical (unpaired) electrons. The zero-order valence-electron chi connectivity index (χ0n) is 12.6. The Labute approximate surface area is 134 Å². The molecule has 0 aliphatic carbocycles. The van der Waals surface area contributed by atoms with E-state index >= 15 is 0 Å². The fourth-order valence-corrected chi connectivity index (χ4v) is 5.94. The van der Waals surface area contributed by atoms with Crippen LogP contribution in [0.2, 0.25) is 0 Å². The lowest BCUT2D eigenvalue weighted by atomic mass is 9.99. The third-order valence-corrected chi connectivity index (χ3v) is 7.09. The van der Waals surface area contributed by atoms with Gasteiger partial charge in [-0.2, -0.15) is 23.5 Å². The van der Waals surface area contributed by atoms with Crippen molar-refractivity contribution >= 4 is 23.5 Å². The average Bonchev–Trinajstić information content (AvgIpc) is 2.49. The molecule has 3 unspecified atom stereocenters. The van der Waals surface area contributed by atoms with Crippen LogP contribution in [-0.4, -0.2) is 28.6 Å². The van der Waals surface area contributed by atoms with Crippen LogP contribution in [0, 0.1) is 11.6 Å². The molecule has 5 heteroatoms. The predicted molar refractivity (Wildman–Crippen MR) is 90.2 cm³/mol.